The fourth-order valence-corrected chi connectivity index (χ4v) is 2.17. The van der Waals surface area contributed by atoms with Gasteiger partial charge in [-0.2, -0.15) is 0 Å². The van der Waals surface area contributed by atoms with Gasteiger partial charge >= 0.3 is 0 Å². The SMILES string of the molecule is O=C(Nc1ccc(F)cc1-c1ccccc1)c1ccccn1. The van der Waals surface area contributed by atoms with Gasteiger partial charge in [-0.3, -0.25) is 9.78 Å². The highest BCUT2D eigenvalue weighted by Gasteiger charge is 2.11. The molecule has 22 heavy (non-hydrogen) atoms. The number of carbonyl (C=O) groups is 1. The summed E-state index contributed by atoms with van der Waals surface area (Å²) in [5, 5.41) is 2.78. The zero-order chi connectivity index (χ0) is 15.4. The van der Waals surface area contributed by atoms with Crippen molar-refractivity contribution in [2.45, 2.75) is 0 Å². The zero-order valence-electron chi connectivity index (χ0n) is 11.7. The first kappa shape index (κ1) is 13.9. The van der Waals surface area contributed by atoms with Gasteiger partial charge in [0, 0.05) is 17.4 Å². The van der Waals surface area contributed by atoms with Crippen LogP contribution in [0.5, 0.6) is 0 Å². The van der Waals surface area contributed by atoms with Gasteiger partial charge in [-0.1, -0.05) is 36.4 Å². The average Bonchev–Trinajstić information content (AvgIpc) is 2.58. The van der Waals surface area contributed by atoms with Crippen molar-refractivity contribution in [3.63, 3.8) is 0 Å². The molecule has 3 nitrogen and oxygen atoms in total. The molecule has 4 heteroatoms. The molecule has 0 atom stereocenters. The number of hydrogen-bond donors (Lipinski definition) is 1. The van der Waals surface area contributed by atoms with E-state index in [2.05, 4.69) is 10.3 Å². The fraction of sp³-hybridized carbons (Fsp3) is 0. The molecule has 0 aliphatic rings. The Morgan fingerprint density at radius 2 is 1.73 bits per heavy atom. The monoisotopic (exact) mass is 292 g/mol. The molecule has 3 rings (SSSR count). The number of anilines is 1. The van der Waals surface area contributed by atoms with Gasteiger partial charge in [0.2, 0.25) is 0 Å². The Hall–Kier alpha value is -3.01. The fourth-order valence-electron chi connectivity index (χ4n) is 2.17. The number of aromatic nitrogens is 1. The summed E-state index contributed by atoms with van der Waals surface area (Å²) >= 11 is 0. The third-order valence-electron chi connectivity index (χ3n) is 3.21. The molecule has 108 valence electrons. The smallest absolute Gasteiger partial charge is 0.274 e. The first-order valence-electron chi connectivity index (χ1n) is 6.81. The van der Waals surface area contributed by atoms with Crippen LogP contribution in [-0.2, 0) is 0 Å². The van der Waals surface area contributed by atoms with Crippen LogP contribution in [-0.4, -0.2) is 10.9 Å². The van der Waals surface area contributed by atoms with Crippen LogP contribution in [0.1, 0.15) is 10.5 Å². The summed E-state index contributed by atoms with van der Waals surface area (Å²) in [6.07, 6.45) is 1.55. The maximum absolute atomic E-state index is 13.6. The van der Waals surface area contributed by atoms with E-state index in [4.69, 9.17) is 0 Å². The molecule has 1 N–H and O–H groups in total. The van der Waals surface area contributed by atoms with E-state index in [0.717, 1.165) is 5.56 Å². The minimum Gasteiger partial charge on any atom is -0.320 e. The number of halogens is 1. The van der Waals surface area contributed by atoms with Gasteiger partial charge in [-0.25, -0.2) is 4.39 Å². The predicted octanol–water partition coefficient (Wildman–Crippen LogP) is 4.14. The van der Waals surface area contributed by atoms with Crippen LogP contribution in [0.4, 0.5) is 10.1 Å². The summed E-state index contributed by atoms with van der Waals surface area (Å²) in [5.41, 5.74) is 2.32. The topological polar surface area (TPSA) is 42.0 Å². The molecular formula is C18H13FN2O. The standard InChI is InChI=1S/C18H13FN2O/c19-14-9-10-16(15(12-14)13-6-2-1-3-7-13)21-18(22)17-8-4-5-11-20-17/h1-12H,(H,21,22). The van der Waals surface area contributed by atoms with Crippen molar-refractivity contribution in [2.75, 3.05) is 5.32 Å². The Bertz CT molecular complexity index is 789. The number of carbonyl (C=O) groups excluding carboxylic acids is 1. The molecule has 1 aromatic heterocycles. The summed E-state index contributed by atoms with van der Waals surface area (Å²) in [6, 6.07) is 18.7. The Labute approximate surface area is 127 Å². The normalized spacial score (nSPS) is 10.2. The van der Waals surface area contributed by atoms with E-state index < -0.39 is 0 Å². The van der Waals surface area contributed by atoms with E-state index in [9.17, 15) is 9.18 Å². The van der Waals surface area contributed by atoms with Crippen LogP contribution in [0.3, 0.4) is 0 Å². The molecule has 0 fully saturated rings. The van der Waals surface area contributed by atoms with Gasteiger partial charge in [-0.05, 0) is 35.9 Å². The maximum atomic E-state index is 13.6. The molecule has 1 heterocycles. The number of benzene rings is 2. The lowest BCUT2D eigenvalue weighted by atomic mass is 10.0. The summed E-state index contributed by atoms with van der Waals surface area (Å²) in [6.45, 7) is 0. The highest BCUT2D eigenvalue weighted by molar-refractivity contribution is 6.05. The Kier molecular flexibility index (Phi) is 3.92. The molecule has 0 aliphatic carbocycles. The van der Waals surface area contributed by atoms with E-state index in [1.54, 1.807) is 30.5 Å². The molecule has 0 spiro atoms. The molecule has 3 aromatic rings. The number of rotatable bonds is 3. The quantitative estimate of drug-likeness (QED) is 0.788. The minimum atomic E-state index is -0.352. The number of nitrogens with zero attached hydrogens (tertiary/aromatic N) is 1. The average molecular weight is 292 g/mol. The number of nitrogens with one attached hydrogen (secondary N) is 1. The number of hydrogen-bond acceptors (Lipinski definition) is 2. The second kappa shape index (κ2) is 6.18. The predicted molar refractivity (Wildman–Crippen MR) is 84.0 cm³/mol. The van der Waals surface area contributed by atoms with Crippen LogP contribution in [0.15, 0.2) is 72.9 Å². The van der Waals surface area contributed by atoms with E-state index in [1.165, 1.54) is 12.1 Å². The van der Waals surface area contributed by atoms with E-state index in [1.807, 2.05) is 30.3 Å². The van der Waals surface area contributed by atoms with Gasteiger partial charge in [0.05, 0.1) is 0 Å². The van der Waals surface area contributed by atoms with Crippen molar-refractivity contribution in [3.8, 4) is 11.1 Å². The molecule has 0 radical (unpaired) electrons. The van der Waals surface area contributed by atoms with Crippen molar-refractivity contribution in [1.29, 1.82) is 0 Å². The van der Waals surface area contributed by atoms with Crippen molar-refractivity contribution in [1.82, 2.24) is 4.98 Å². The molecule has 0 aliphatic heterocycles. The second-order valence-corrected chi connectivity index (χ2v) is 4.73. The van der Waals surface area contributed by atoms with Crippen molar-refractivity contribution >= 4 is 11.6 Å². The first-order valence-corrected chi connectivity index (χ1v) is 6.81. The lowest BCUT2D eigenvalue weighted by molar-refractivity contribution is 0.102. The largest absolute Gasteiger partial charge is 0.320 e. The highest BCUT2D eigenvalue weighted by Crippen LogP contribution is 2.29. The van der Waals surface area contributed by atoms with Crippen LogP contribution in [0.25, 0.3) is 11.1 Å². The molecular weight excluding hydrogens is 279 g/mol. The third kappa shape index (κ3) is 3.01. The van der Waals surface area contributed by atoms with Crippen LogP contribution >= 0.6 is 0 Å². The summed E-state index contributed by atoms with van der Waals surface area (Å²) in [4.78, 5) is 16.2. The second-order valence-electron chi connectivity index (χ2n) is 4.73. The summed E-state index contributed by atoms with van der Waals surface area (Å²) < 4.78 is 13.6. The Balaban J connectivity index is 1.96. The molecule has 0 saturated heterocycles. The number of amides is 1. The summed E-state index contributed by atoms with van der Waals surface area (Å²) in [7, 11) is 0. The Morgan fingerprint density at radius 1 is 0.955 bits per heavy atom. The first-order chi connectivity index (χ1) is 10.7. The number of pyridine rings is 1. The molecule has 2 aromatic carbocycles. The Morgan fingerprint density at radius 3 is 2.45 bits per heavy atom. The van der Waals surface area contributed by atoms with Crippen LogP contribution in [0, 0.1) is 5.82 Å². The molecule has 0 bridgehead atoms. The van der Waals surface area contributed by atoms with Crippen molar-refractivity contribution in [2.24, 2.45) is 0 Å². The lowest BCUT2D eigenvalue weighted by Gasteiger charge is -2.11. The van der Waals surface area contributed by atoms with Crippen molar-refractivity contribution < 1.29 is 9.18 Å². The van der Waals surface area contributed by atoms with Gasteiger partial charge in [0.1, 0.15) is 11.5 Å². The van der Waals surface area contributed by atoms with E-state index in [0.29, 0.717) is 16.9 Å². The zero-order valence-corrected chi connectivity index (χ0v) is 11.7. The van der Waals surface area contributed by atoms with Crippen LogP contribution < -0.4 is 5.32 Å². The van der Waals surface area contributed by atoms with E-state index in [-0.39, 0.29) is 11.7 Å². The molecule has 0 unspecified atom stereocenters. The third-order valence-corrected chi connectivity index (χ3v) is 3.21. The van der Waals surface area contributed by atoms with Gasteiger partial charge in [-0.15, -0.1) is 0 Å². The molecule has 0 saturated carbocycles. The molecule has 1 amide bonds. The van der Waals surface area contributed by atoms with Gasteiger partial charge in [0.15, 0.2) is 0 Å². The van der Waals surface area contributed by atoms with Crippen molar-refractivity contribution in [3.05, 3.63) is 84.4 Å². The van der Waals surface area contributed by atoms with Crippen LogP contribution in [0.2, 0.25) is 0 Å². The van der Waals surface area contributed by atoms with Gasteiger partial charge < -0.3 is 5.32 Å². The summed E-state index contributed by atoms with van der Waals surface area (Å²) in [5.74, 6) is -0.681. The van der Waals surface area contributed by atoms with E-state index >= 15 is 0 Å². The lowest BCUT2D eigenvalue weighted by Crippen LogP contribution is -2.14. The maximum Gasteiger partial charge on any atom is 0.274 e. The van der Waals surface area contributed by atoms with Gasteiger partial charge in [0.25, 0.3) is 5.91 Å². The minimum absolute atomic E-state index is 0.311. The highest BCUT2D eigenvalue weighted by atomic mass is 19.1.